The predicted octanol–water partition coefficient (Wildman–Crippen LogP) is 4.25. The summed E-state index contributed by atoms with van der Waals surface area (Å²) in [6.07, 6.45) is 7.00. The summed E-state index contributed by atoms with van der Waals surface area (Å²) < 4.78 is 13.4. The summed E-state index contributed by atoms with van der Waals surface area (Å²) in [6.45, 7) is 0. The van der Waals surface area contributed by atoms with Crippen molar-refractivity contribution in [1.82, 2.24) is 0 Å². The van der Waals surface area contributed by atoms with Crippen molar-refractivity contribution < 1.29 is 9.50 Å². The van der Waals surface area contributed by atoms with E-state index in [1.54, 1.807) is 12.1 Å². The van der Waals surface area contributed by atoms with E-state index in [1.807, 2.05) is 6.07 Å². The van der Waals surface area contributed by atoms with Crippen LogP contribution in [0.1, 0.15) is 38.5 Å². The van der Waals surface area contributed by atoms with Crippen LogP contribution in [-0.4, -0.2) is 17.0 Å². The molecule has 1 aliphatic rings. The van der Waals surface area contributed by atoms with Gasteiger partial charge in [-0.2, -0.15) is 0 Å². The SMILES string of the molecule is OC(CSc1ccccc1F)C1CCCCCC1. The molecule has 1 fully saturated rings. The minimum Gasteiger partial charge on any atom is -0.392 e. The van der Waals surface area contributed by atoms with Gasteiger partial charge in [0.1, 0.15) is 5.82 Å². The van der Waals surface area contributed by atoms with Gasteiger partial charge in [0.2, 0.25) is 0 Å². The normalized spacial score (nSPS) is 19.4. The van der Waals surface area contributed by atoms with Gasteiger partial charge in [-0.05, 0) is 30.9 Å². The summed E-state index contributed by atoms with van der Waals surface area (Å²) in [7, 11) is 0. The van der Waals surface area contributed by atoms with E-state index in [-0.39, 0.29) is 11.9 Å². The van der Waals surface area contributed by atoms with Crippen LogP contribution in [0.5, 0.6) is 0 Å². The van der Waals surface area contributed by atoms with Crippen molar-refractivity contribution in [3.63, 3.8) is 0 Å². The van der Waals surface area contributed by atoms with Crippen molar-refractivity contribution in [2.45, 2.75) is 49.5 Å². The molecule has 1 N–H and O–H groups in total. The highest BCUT2D eigenvalue weighted by Crippen LogP contribution is 2.29. The second-order valence-electron chi connectivity index (χ2n) is 5.06. The smallest absolute Gasteiger partial charge is 0.136 e. The van der Waals surface area contributed by atoms with E-state index in [0.717, 1.165) is 12.8 Å². The third-order valence-electron chi connectivity index (χ3n) is 3.69. The number of benzene rings is 1. The van der Waals surface area contributed by atoms with Gasteiger partial charge in [-0.3, -0.25) is 0 Å². The number of rotatable bonds is 4. The Balaban J connectivity index is 1.83. The maximum atomic E-state index is 13.4. The van der Waals surface area contributed by atoms with Gasteiger partial charge in [0.05, 0.1) is 6.10 Å². The molecule has 1 saturated carbocycles. The molecule has 0 saturated heterocycles. The molecule has 2 rings (SSSR count). The third-order valence-corrected chi connectivity index (χ3v) is 4.84. The molecule has 1 atom stereocenters. The van der Waals surface area contributed by atoms with Crippen LogP contribution in [0.4, 0.5) is 4.39 Å². The molecule has 1 aliphatic carbocycles. The average Bonchev–Trinajstić information content (AvgIpc) is 2.66. The molecule has 0 spiro atoms. The van der Waals surface area contributed by atoms with Crippen molar-refractivity contribution in [2.24, 2.45) is 5.92 Å². The molecule has 0 aliphatic heterocycles. The molecule has 0 radical (unpaired) electrons. The highest BCUT2D eigenvalue weighted by Gasteiger charge is 2.21. The predicted molar refractivity (Wildman–Crippen MR) is 74.3 cm³/mol. The number of hydrogen-bond acceptors (Lipinski definition) is 2. The summed E-state index contributed by atoms with van der Waals surface area (Å²) in [5, 5.41) is 10.2. The average molecular weight is 268 g/mol. The van der Waals surface area contributed by atoms with Crippen molar-refractivity contribution in [1.29, 1.82) is 0 Å². The molecule has 18 heavy (non-hydrogen) atoms. The van der Waals surface area contributed by atoms with Crippen LogP contribution in [0.3, 0.4) is 0 Å². The van der Waals surface area contributed by atoms with Gasteiger partial charge in [0.25, 0.3) is 0 Å². The summed E-state index contributed by atoms with van der Waals surface area (Å²) in [4.78, 5) is 0.644. The first kappa shape index (κ1) is 13.9. The van der Waals surface area contributed by atoms with Crippen molar-refractivity contribution >= 4 is 11.8 Å². The van der Waals surface area contributed by atoms with E-state index < -0.39 is 0 Å². The van der Waals surface area contributed by atoms with Crippen LogP contribution in [0.2, 0.25) is 0 Å². The Morgan fingerprint density at radius 3 is 2.50 bits per heavy atom. The molecule has 1 unspecified atom stereocenters. The standard InChI is InChI=1S/C15H21FOS/c16-13-9-5-6-10-15(13)18-11-14(17)12-7-3-1-2-4-8-12/h5-6,9-10,12,14,17H,1-4,7-8,11H2. The zero-order valence-corrected chi connectivity index (χ0v) is 11.5. The number of thioether (sulfide) groups is 1. The molecule has 0 bridgehead atoms. The molecular weight excluding hydrogens is 247 g/mol. The van der Waals surface area contributed by atoms with Gasteiger partial charge < -0.3 is 5.11 Å². The van der Waals surface area contributed by atoms with Crippen LogP contribution in [0.25, 0.3) is 0 Å². The fourth-order valence-electron chi connectivity index (χ4n) is 2.57. The lowest BCUT2D eigenvalue weighted by Gasteiger charge is -2.20. The van der Waals surface area contributed by atoms with E-state index in [9.17, 15) is 9.50 Å². The highest BCUT2D eigenvalue weighted by atomic mass is 32.2. The van der Waals surface area contributed by atoms with Gasteiger partial charge >= 0.3 is 0 Å². The van der Waals surface area contributed by atoms with E-state index in [4.69, 9.17) is 0 Å². The van der Waals surface area contributed by atoms with E-state index in [0.29, 0.717) is 16.6 Å². The molecular formula is C15H21FOS. The maximum Gasteiger partial charge on any atom is 0.136 e. The van der Waals surface area contributed by atoms with E-state index >= 15 is 0 Å². The van der Waals surface area contributed by atoms with Gasteiger partial charge in [-0.15, -0.1) is 11.8 Å². The second kappa shape index (κ2) is 7.15. The van der Waals surface area contributed by atoms with Crippen molar-refractivity contribution in [3.05, 3.63) is 30.1 Å². The summed E-state index contributed by atoms with van der Waals surface area (Å²) in [5.41, 5.74) is 0. The Hall–Kier alpha value is -0.540. The number of halogens is 1. The molecule has 3 heteroatoms. The highest BCUT2D eigenvalue weighted by molar-refractivity contribution is 7.99. The largest absolute Gasteiger partial charge is 0.392 e. The molecule has 0 amide bonds. The first-order valence-electron chi connectivity index (χ1n) is 6.83. The Morgan fingerprint density at radius 2 is 1.83 bits per heavy atom. The summed E-state index contributed by atoms with van der Waals surface area (Å²) >= 11 is 1.43. The van der Waals surface area contributed by atoms with E-state index in [1.165, 1.54) is 43.5 Å². The van der Waals surface area contributed by atoms with Crippen LogP contribution in [0.15, 0.2) is 29.2 Å². The zero-order valence-electron chi connectivity index (χ0n) is 10.6. The Kier molecular flexibility index (Phi) is 5.51. The Morgan fingerprint density at radius 1 is 1.17 bits per heavy atom. The van der Waals surface area contributed by atoms with Crippen LogP contribution in [-0.2, 0) is 0 Å². The van der Waals surface area contributed by atoms with E-state index in [2.05, 4.69) is 0 Å². The molecule has 1 aromatic carbocycles. The zero-order chi connectivity index (χ0) is 12.8. The number of hydrogen-bond donors (Lipinski definition) is 1. The van der Waals surface area contributed by atoms with Gasteiger partial charge in [0, 0.05) is 10.6 Å². The maximum absolute atomic E-state index is 13.4. The molecule has 1 aromatic rings. The topological polar surface area (TPSA) is 20.2 Å². The lowest BCUT2D eigenvalue weighted by atomic mass is 9.95. The minimum absolute atomic E-state index is 0.185. The lowest BCUT2D eigenvalue weighted by Crippen LogP contribution is -2.22. The molecule has 100 valence electrons. The monoisotopic (exact) mass is 268 g/mol. The molecule has 0 aromatic heterocycles. The Labute approximate surface area is 113 Å². The first-order chi connectivity index (χ1) is 8.77. The first-order valence-corrected chi connectivity index (χ1v) is 7.81. The fraction of sp³-hybridized carbons (Fsp3) is 0.600. The minimum atomic E-state index is -0.298. The van der Waals surface area contributed by atoms with Crippen LogP contribution < -0.4 is 0 Å². The fourth-order valence-corrected chi connectivity index (χ4v) is 3.57. The van der Waals surface area contributed by atoms with Crippen molar-refractivity contribution in [3.8, 4) is 0 Å². The molecule has 1 nitrogen and oxygen atoms in total. The van der Waals surface area contributed by atoms with Gasteiger partial charge in [0.15, 0.2) is 0 Å². The van der Waals surface area contributed by atoms with Gasteiger partial charge in [-0.1, -0.05) is 37.8 Å². The van der Waals surface area contributed by atoms with Crippen LogP contribution in [0, 0.1) is 11.7 Å². The molecule has 0 heterocycles. The van der Waals surface area contributed by atoms with Crippen molar-refractivity contribution in [2.75, 3.05) is 5.75 Å². The summed E-state index contributed by atoms with van der Waals surface area (Å²) in [5.74, 6) is 0.827. The lowest BCUT2D eigenvalue weighted by molar-refractivity contribution is 0.120. The van der Waals surface area contributed by atoms with Crippen LogP contribution >= 0.6 is 11.8 Å². The number of aliphatic hydroxyl groups excluding tert-OH is 1. The van der Waals surface area contributed by atoms with Gasteiger partial charge in [-0.25, -0.2) is 4.39 Å². The number of aliphatic hydroxyl groups is 1. The second-order valence-corrected chi connectivity index (χ2v) is 6.12. The Bertz CT molecular complexity index is 361. The third kappa shape index (κ3) is 3.99. The summed E-state index contributed by atoms with van der Waals surface area (Å²) in [6, 6.07) is 6.78. The quantitative estimate of drug-likeness (QED) is 0.651.